The Morgan fingerprint density at radius 3 is 2.84 bits per heavy atom. The summed E-state index contributed by atoms with van der Waals surface area (Å²) in [5, 5.41) is 2.94. The molecule has 0 unspecified atom stereocenters. The van der Waals surface area contributed by atoms with Crippen LogP contribution in [0.15, 0.2) is 24.7 Å². The van der Waals surface area contributed by atoms with Crippen LogP contribution in [0, 0.1) is 6.92 Å². The quantitative estimate of drug-likeness (QED) is 0.893. The Morgan fingerprint density at radius 1 is 1.26 bits per heavy atom. The molecule has 5 heteroatoms. The fourth-order valence-electron chi connectivity index (χ4n) is 1.70. The van der Waals surface area contributed by atoms with E-state index in [2.05, 4.69) is 27.2 Å². The lowest BCUT2D eigenvalue weighted by atomic mass is 10.1. The number of rotatable bonds is 5. The maximum atomic E-state index is 5.59. The standard InChI is InChI=1S/C14H18N4O/c1-4-5-19-12-6-11(8-16-9-12)13-10(2)7-17-14(15-3)18-13/h6-9H,4-5H2,1-3H3,(H,15,17,18). The second kappa shape index (κ2) is 6.13. The molecule has 0 radical (unpaired) electrons. The topological polar surface area (TPSA) is 59.9 Å². The van der Waals surface area contributed by atoms with Crippen LogP contribution >= 0.6 is 0 Å². The molecule has 0 fully saturated rings. The molecule has 5 nitrogen and oxygen atoms in total. The molecule has 19 heavy (non-hydrogen) atoms. The second-order valence-electron chi connectivity index (χ2n) is 4.23. The van der Waals surface area contributed by atoms with Crippen LogP contribution in [-0.4, -0.2) is 28.6 Å². The van der Waals surface area contributed by atoms with Crippen LogP contribution in [0.25, 0.3) is 11.3 Å². The summed E-state index contributed by atoms with van der Waals surface area (Å²) < 4.78 is 5.59. The Bertz CT molecular complexity index is 557. The SMILES string of the molecule is CCCOc1cncc(-c2nc(NC)ncc2C)c1. The summed E-state index contributed by atoms with van der Waals surface area (Å²) in [5.41, 5.74) is 2.81. The summed E-state index contributed by atoms with van der Waals surface area (Å²) in [4.78, 5) is 12.9. The van der Waals surface area contributed by atoms with Gasteiger partial charge in [-0.2, -0.15) is 0 Å². The number of nitrogens with one attached hydrogen (secondary N) is 1. The highest BCUT2D eigenvalue weighted by Gasteiger charge is 2.07. The first-order valence-electron chi connectivity index (χ1n) is 6.34. The Hall–Kier alpha value is -2.17. The van der Waals surface area contributed by atoms with Crippen LogP contribution in [0.5, 0.6) is 5.75 Å². The van der Waals surface area contributed by atoms with Gasteiger partial charge in [-0.05, 0) is 25.0 Å². The van der Waals surface area contributed by atoms with E-state index in [1.807, 2.05) is 13.0 Å². The number of aromatic nitrogens is 3. The number of ether oxygens (including phenoxy) is 1. The van der Waals surface area contributed by atoms with Crippen molar-refractivity contribution >= 4 is 5.95 Å². The number of hydrogen-bond donors (Lipinski definition) is 1. The molecule has 0 saturated heterocycles. The third kappa shape index (κ3) is 3.19. The molecule has 100 valence electrons. The number of hydrogen-bond acceptors (Lipinski definition) is 5. The van der Waals surface area contributed by atoms with Crippen molar-refractivity contribution in [2.45, 2.75) is 20.3 Å². The molecule has 2 heterocycles. The summed E-state index contributed by atoms with van der Waals surface area (Å²) >= 11 is 0. The lowest BCUT2D eigenvalue weighted by Gasteiger charge is -2.09. The molecule has 2 aromatic heterocycles. The van der Waals surface area contributed by atoms with Crippen molar-refractivity contribution in [1.82, 2.24) is 15.0 Å². The lowest BCUT2D eigenvalue weighted by Crippen LogP contribution is -2.00. The molecule has 0 saturated carbocycles. The molecule has 0 aromatic carbocycles. The summed E-state index contributed by atoms with van der Waals surface area (Å²) in [6.45, 7) is 4.75. The van der Waals surface area contributed by atoms with Crippen molar-refractivity contribution in [3.63, 3.8) is 0 Å². The van der Waals surface area contributed by atoms with E-state index in [-0.39, 0.29) is 0 Å². The molecule has 2 aromatic rings. The zero-order chi connectivity index (χ0) is 13.7. The number of aryl methyl sites for hydroxylation is 1. The maximum Gasteiger partial charge on any atom is 0.222 e. The van der Waals surface area contributed by atoms with Crippen molar-refractivity contribution < 1.29 is 4.74 Å². The first kappa shape index (κ1) is 13.3. The van der Waals surface area contributed by atoms with E-state index in [0.717, 1.165) is 29.0 Å². The maximum absolute atomic E-state index is 5.59. The highest BCUT2D eigenvalue weighted by molar-refractivity contribution is 5.64. The first-order chi connectivity index (χ1) is 9.24. The second-order valence-corrected chi connectivity index (χ2v) is 4.23. The van der Waals surface area contributed by atoms with Gasteiger partial charge in [0.15, 0.2) is 0 Å². The molecule has 0 atom stereocenters. The predicted octanol–water partition coefficient (Wildman–Crippen LogP) is 2.68. The van der Waals surface area contributed by atoms with Crippen LogP contribution in [0.4, 0.5) is 5.95 Å². The van der Waals surface area contributed by atoms with Gasteiger partial charge in [0.2, 0.25) is 5.95 Å². The molecule has 1 N–H and O–H groups in total. The van der Waals surface area contributed by atoms with Crippen molar-refractivity contribution in [1.29, 1.82) is 0 Å². The van der Waals surface area contributed by atoms with Gasteiger partial charge in [0.05, 0.1) is 18.5 Å². The van der Waals surface area contributed by atoms with Gasteiger partial charge in [-0.15, -0.1) is 0 Å². The van der Waals surface area contributed by atoms with Gasteiger partial charge < -0.3 is 10.1 Å². The fourth-order valence-corrected chi connectivity index (χ4v) is 1.70. The minimum atomic E-state index is 0.598. The Morgan fingerprint density at radius 2 is 2.11 bits per heavy atom. The first-order valence-corrected chi connectivity index (χ1v) is 6.34. The van der Waals surface area contributed by atoms with Gasteiger partial charge in [0, 0.05) is 25.0 Å². The van der Waals surface area contributed by atoms with Crippen molar-refractivity contribution in [2.75, 3.05) is 19.0 Å². The van der Waals surface area contributed by atoms with E-state index in [0.29, 0.717) is 12.6 Å². The van der Waals surface area contributed by atoms with Crippen molar-refractivity contribution in [3.8, 4) is 17.0 Å². The third-order valence-electron chi connectivity index (χ3n) is 2.65. The largest absolute Gasteiger partial charge is 0.492 e. The molecular formula is C14H18N4O. The molecular weight excluding hydrogens is 240 g/mol. The highest BCUT2D eigenvalue weighted by Crippen LogP contribution is 2.24. The van der Waals surface area contributed by atoms with Gasteiger partial charge in [-0.25, -0.2) is 9.97 Å². The van der Waals surface area contributed by atoms with Crippen LogP contribution in [0.2, 0.25) is 0 Å². The smallest absolute Gasteiger partial charge is 0.222 e. The zero-order valence-corrected chi connectivity index (χ0v) is 11.5. The molecule has 2 rings (SSSR count). The van der Waals surface area contributed by atoms with E-state index in [4.69, 9.17) is 4.74 Å². The van der Waals surface area contributed by atoms with Crippen LogP contribution in [0.3, 0.4) is 0 Å². The number of nitrogens with zero attached hydrogens (tertiary/aromatic N) is 3. The monoisotopic (exact) mass is 258 g/mol. The Kier molecular flexibility index (Phi) is 4.28. The number of anilines is 1. The van der Waals surface area contributed by atoms with E-state index in [9.17, 15) is 0 Å². The summed E-state index contributed by atoms with van der Waals surface area (Å²) in [7, 11) is 1.80. The molecule has 0 spiro atoms. The predicted molar refractivity (Wildman–Crippen MR) is 75.3 cm³/mol. The van der Waals surface area contributed by atoms with Gasteiger partial charge in [0.1, 0.15) is 5.75 Å². The normalized spacial score (nSPS) is 10.3. The summed E-state index contributed by atoms with van der Waals surface area (Å²) in [6.07, 6.45) is 6.27. The van der Waals surface area contributed by atoms with Gasteiger partial charge in [-0.1, -0.05) is 6.92 Å². The van der Waals surface area contributed by atoms with E-state index < -0.39 is 0 Å². The summed E-state index contributed by atoms with van der Waals surface area (Å²) in [6, 6.07) is 1.96. The lowest BCUT2D eigenvalue weighted by molar-refractivity contribution is 0.316. The molecule has 0 bridgehead atoms. The van der Waals surface area contributed by atoms with Crippen LogP contribution in [-0.2, 0) is 0 Å². The molecule has 0 aliphatic rings. The zero-order valence-electron chi connectivity index (χ0n) is 11.5. The molecule has 0 amide bonds. The number of pyridine rings is 1. The van der Waals surface area contributed by atoms with E-state index in [1.54, 1.807) is 25.6 Å². The Labute approximate surface area is 113 Å². The highest BCUT2D eigenvalue weighted by atomic mass is 16.5. The average Bonchev–Trinajstić information content (AvgIpc) is 2.46. The fraction of sp³-hybridized carbons (Fsp3) is 0.357. The van der Waals surface area contributed by atoms with Gasteiger partial charge in [-0.3, -0.25) is 4.98 Å². The summed E-state index contributed by atoms with van der Waals surface area (Å²) in [5.74, 6) is 1.36. The van der Waals surface area contributed by atoms with Crippen molar-refractivity contribution in [2.24, 2.45) is 0 Å². The molecule has 0 aliphatic carbocycles. The van der Waals surface area contributed by atoms with E-state index in [1.165, 1.54) is 0 Å². The average molecular weight is 258 g/mol. The van der Waals surface area contributed by atoms with E-state index >= 15 is 0 Å². The van der Waals surface area contributed by atoms with Crippen LogP contribution < -0.4 is 10.1 Å². The molecule has 0 aliphatic heterocycles. The van der Waals surface area contributed by atoms with Gasteiger partial charge >= 0.3 is 0 Å². The minimum absolute atomic E-state index is 0.598. The Balaban J connectivity index is 2.35. The van der Waals surface area contributed by atoms with Crippen LogP contribution in [0.1, 0.15) is 18.9 Å². The van der Waals surface area contributed by atoms with Crippen molar-refractivity contribution in [3.05, 3.63) is 30.2 Å². The third-order valence-corrected chi connectivity index (χ3v) is 2.65. The van der Waals surface area contributed by atoms with Gasteiger partial charge in [0.25, 0.3) is 0 Å². The minimum Gasteiger partial charge on any atom is -0.492 e.